The standard InChI is InChI=1S/C21H23N3O3/c1-15-7-9-16(10-8-15)11-12-20(25)24(2)14-19-22-21(23-27-19)17-5-4-6-18(13-17)26-3/h4-10,13H,11-12,14H2,1-3H3. The average molecular weight is 365 g/mol. The Bertz CT molecular complexity index is 903. The lowest BCUT2D eigenvalue weighted by Crippen LogP contribution is -2.26. The SMILES string of the molecule is COc1cccc(-c2noc(CN(C)C(=O)CCc3ccc(C)cc3)n2)c1. The van der Waals surface area contributed by atoms with Gasteiger partial charge >= 0.3 is 0 Å². The van der Waals surface area contributed by atoms with Crippen molar-refractivity contribution in [1.82, 2.24) is 15.0 Å². The van der Waals surface area contributed by atoms with Crippen molar-refractivity contribution in [3.8, 4) is 17.1 Å². The Hall–Kier alpha value is -3.15. The number of ether oxygens (including phenoxy) is 1. The lowest BCUT2D eigenvalue weighted by Gasteiger charge is -2.14. The van der Waals surface area contributed by atoms with Gasteiger partial charge in [-0.2, -0.15) is 4.98 Å². The first kappa shape index (κ1) is 18.6. The van der Waals surface area contributed by atoms with Crippen LogP contribution < -0.4 is 4.74 Å². The summed E-state index contributed by atoms with van der Waals surface area (Å²) in [6.07, 6.45) is 1.15. The van der Waals surface area contributed by atoms with Gasteiger partial charge in [0.15, 0.2) is 0 Å². The van der Waals surface area contributed by atoms with Gasteiger partial charge in [-0.15, -0.1) is 0 Å². The van der Waals surface area contributed by atoms with Crippen molar-refractivity contribution < 1.29 is 14.1 Å². The van der Waals surface area contributed by atoms with E-state index in [0.717, 1.165) is 16.9 Å². The molecule has 1 amide bonds. The highest BCUT2D eigenvalue weighted by Gasteiger charge is 2.15. The molecule has 0 spiro atoms. The number of hydrogen-bond acceptors (Lipinski definition) is 5. The minimum absolute atomic E-state index is 0.0386. The van der Waals surface area contributed by atoms with Crippen LogP contribution in [0.4, 0.5) is 0 Å². The Labute approximate surface area is 158 Å². The van der Waals surface area contributed by atoms with E-state index in [2.05, 4.69) is 34.4 Å². The van der Waals surface area contributed by atoms with Gasteiger partial charge in [0.05, 0.1) is 13.7 Å². The van der Waals surface area contributed by atoms with Crippen LogP contribution in [-0.4, -0.2) is 35.1 Å². The number of rotatable bonds is 7. The van der Waals surface area contributed by atoms with Gasteiger partial charge in [-0.05, 0) is 31.0 Å². The molecule has 0 saturated heterocycles. The van der Waals surface area contributed by atoms with E-state index < -0.39 is 0 Å². The molecule has 0 aliphatic carbocycles. The lowest BCUT2D eigenvalue weighted by atomic mass is 10.1. The minimum Gasteiger partial charge on any atom is -0.497 e. The number of aryl methyl sites for hydroxylation is 2. The molecule has 0 fully saturated rings. The smallest absolute Gasteiger partial charge is 0.246 e. The number of nitrogens with zero attached hydrogens (tertiary/aromatic N) is 3. The molecule has 0 saturated carbocycles. The molecule has 0 bridgehead atoms. The van der Waals surface area contributed by atoms with Gasteiger partial charge in [-0.25, -0.2) is 0 Å². The normalized spacial score (nSPS) is 10.6. The van der Waals surface area contributed by atoms with Crippen LogP contribution in [0.25, 0.3) is 11.4 Å². The largest absolute Gasteiger partial charge is 0.497 e. The van der Waals surface area contributed by atoms with Gasteiger partial charge in [0, 0.05) is 19.0 Å². The van der Waals surface area contributed by atoms with Crippen molar-refractivity contribution in [1.29, 1.82) is 0 Å². The van der Waals surface area contributed by atoms with Crippen molar-refractivity contribution in [3.63, 3.8) is 0 Å². The lowest BCUT2D eigenvalue weighted by molar-refractivity contribution is -0.130. The zero-order chi connectivity index (χ0) is 19.2. The summed E-state index contributed by atoms with van der Waals surface area (Å²) in [5.41, 5.74) is 3.17. The number of carbonyl (C=O) groups excluding carboxylic acids is 1. The number of amides is 1. The second kappa shape index (κ2) is 8.49. The van der Waals surface area contributed by atoms with Crippen molar-refractivity contribution in [3.05, 3.63) is 65.5 Å². The second-order valence-electron chi connectivity index (χ2n) is 6.48. The van der Waals surface area contributed by atoms with E-state index in [9.17, 15) is 4.79 Å². The van der Waals surface area contributed by atoms with Gasteiger partial charge in [-0.3, -0.25) is 4.79 Å². The highest BCUT2D eigenvalue weighted by molar-refractivity contribution is 5.76. The van der Waals surface area contributed by atoms with Crippen molar-refractivity contribution in [2.45, 2.75) is 26.3 Å². The number of benzene rings is 2. The third kappa shape index (κ3) is 4.94. The Morgan fingerprint density at radius 3 is 2.70 bits per heavy atom. The maximum Gasteiger partial charge on any atom is 0.246 e. The Morgan fingerprint density at radius 2 is 1.96 bits per heavy atom. The van der Waals surface area contributed by atoms with E-state index in [1.165, 1.54) is 5.56 Å². The predicted molar refractivity (Wildman–Crippen MR) is 102 cm³/mol. The molecular formula is C21H23N3O3. The van der Waals surface area contributed by atoms with Crippen LogP contribution in [-0.2, 0) is 17.8 Å². The first-order valence-corrected chi connectivity index (χ1v) is 8.81. The molecule has 1 aromatic heterocycles. The summed E-state index contributed by atoms with van der Waals surface area (Å²) in [5.74, 6) is 1.64. The fourth-order valence-electron chi connectivity index (χ4n) is 2.69. The van der Waals surface area contributed by atoms with Crippen LogP contribution >= 0.6 is 0 Å². The van der Waals surface area contributed by atoms with E-state index in [1.54, 1.807) is 19.1 Å². The van der Waals surface area contributed by atoms with Crippen molar-refractivity contribution in [2.75, 3.05) is 14.2 Å². The van der Waals surface area contributed by atoms with Crippen molar-refractivity contribution in [2.24, 2.45) is 0 Å². The topological polar surface area (TPSA) is 68.5 Å². The number of methoxy groups -OCH3 is 1. The Balaban J connectivity index is 1.57. The third-order valence-corrected chi connectivity index (χ3v) is 4.34. The molecule has 2 aromatic carbocycles. The van der Waals surface area contributed by atoms with E-state index >= 15 is 0 Å². The summed E-state index contributed by atoms with van der Waals surface area (Å²) in [5, 5.41) is 4.00. The monoisotopic (exact) mass is 365 g/mol. The van der Waals surface area contributed by atoms with Crippen LogP contribution in [0.1, 0.15) is 23.4 Å². The quantitative estimate of drug-likeness (QED) is 0.639. The molecule has 1 heterocycles. The maximum absolute atomic E-state index is 12.4. The van der Waals surface area contributed by atoms with E-state index in [0.29, 0.717) is 24.6 Å². The van der Waals surface area contributed by atoms with Crippen molar-refractivity contribution >= 4 is 5.91 Å². The molecule has 3 aromatic rings. The summed E-state index contributed by atoms with van der Waals surface area (Å²) in [6.45, 7) is 2.33. The van der Waals surface area contributed by atoms with Gasteiger partial charge in [0.25, 0.3) is 0 Å². The molecule has 140 valence electrons. The van der Waals surface area contributed by atoms with Gasteiger partial charge in [0.2, 0.25) is 17.6 Å². The Kier molecular flexibility index (Phi) is 5.86. The fourth-order valence-corrected chi connectivity index (χ4v) is 2.69. The zero-order valence-electron chi connectivity index (χ0n) is 15.8. The highest BCUT2D eigenvalue weighted by Crippen LogP contribution is 2.21. The molecule has 0 aliphatic heterocycles. The summed E-state index contributed by atoms with van der Waals surface area (Å²) >= 11 is 0. The van der Waals surface area contributed by atoms with E-state index in [4.69, 9.17) is 9.26 Å². The molecule has 0 N–H and O–H groups in total. The number of carbonyl (C=O) groups is 1. The van der Waals surface area contributed by atoms with E-state index in [1.807, 2.05) is 31.2 Å². The minimum atomic E-state index is 0.0386. The average Bonchev–Trinajstić information content (AvgIpc) is 3.15. The van der Waals surface area contributed by atoms with Crippen LogP contribution in [0, 0.1) is 6.92 Å². The molecule has 27 heavy (non-hydrogen) atoms. The molecule has 0 radical (unpaired) electrons. The maximum atomic E-state index is 12.4. The fraction of sp³-hybridized carbons (Fsp3) is 0.286. The highest BCUT2D eigenvalue weighted by atomic mass is 16.5. The summed E-state index contributed by atoms with van der Waals surface area (Å²) in [4.78, 5) is 18.4. The van der Waals surface area contributed by atoms with Crippen LogP contribution in [0.3, 0.4) is 0 Å². The molecule has 0 aliphatic rings. The second-order valence-corrected chi connectivity index (χ2v) is 6.48. The van der Waals surface area contributed by atoms with Gasteiger partial charge in [0.1, 0.15) is 5.75 Å². The molecule has 0 atom stereocenters. The van der Waals surface area contributed by atoms with Gasteiger partial charge in [-0.1, -0.05) is 47.1 Å². The predicted octanol–water partition coefficient (Wildman–Crippen LogP) is 3.64. The summed E-state index contributed by atoms with van der Waals surface area (Å²) < 4.78 is 10.5. The zero-order valence-corrected chi connectivity index (χ0v) is 15.8. The molecule has 6 heteroatoms. The van der Waals surface area contributed by atoms with Crippen LogP contribution in [0.2, 0.25) is 0 Å². The van der Waals surface area contributed by atoms with E-state index in [-0.39, 0.29) is 12.5 Å². The first-order chi connectivity index (χ1) is 13.0. The molecule has 3 rings (SSSR count). The Morgan fingerprint density at radius 1 is 1.19 bits per heavy atom. The third-order valence-electron chi connectivity index (χ3n) is 4.34. The van der Waals surface area contributed by atoms with Crippen LogP contribution in [0.5, 0.6) is 5.75 Å². The number of aromatic nitrogens is 2. The molecule has 6 nitrogen and oxygen atoms in total. The van der Waals surface area contributed by atoms with Crippen LogP contribution in [0.15, 0.2) is 53.1 Å². The summed E-state index contributed by atoms with van der Waals surface area (Å²) in [6, 6.07) is 15.7. The molecule has 0 unspecified atom stereocenters. The van der Waals surface area contributed by atoms with Gasteiger partial charge < -0.3 is 14.2 Å². The molecular weight excluding hydrogens is 342 g/mol. The number of hydrogen-bond donors (Lipinski definition) is 0. The first-order valence-electron chi connectivity index (χ1n) is 8.81. The summed E-state index contributed by atoms with van der Waals surface area (Å²) in [7, 11) is 3.35.